The SMILES string of the molecule is CC(C)(C)[S@@](=O)N[C@@H]1COc2ccc(C(F)(F)F)cc21. The molecule has 1 aromatic rings. The fourth-order valence-corrected chi connectivity index (χ4v) is 2.60. The lowest BCUT2D eigenvalue weighted by Gasteiger charge is -2.21. The Hall–Kier alpha value is -1.08. The Kier molecular flexibility index (Phi) is 3.85. The molecule has 0 aromatic heterocycles. The topological polar surface area (TPSA) is 38.3 Å². The zero-order valence-corrected chi connectivity index (χ0v) is 12.2. The van der Waals surface area contributed by atoms with Gasteiger partial charge >= 0.3 is 6.18 Å². The molecule has 0 amide bonds. The quantitative estimate of drug-likeness (QED) is 0.911. The van der Waals surface area contributed by atoms with Gasteiger partial charge in [0, 0.05) is 5.56 Å². The van der Waals surface area contributed by atoms with Crippen LogP contribution < -0.4 is 9.46 Å². The molecule has 0 spiro atoms. The summed E-state index contributed by atoms with van der Waals surface area (Å²) < 4.78 is 57.8. The van der Waals surface area contributed by atoms with Gasteiger partial charge in [0.1, 0.15) is 12.4 Å². The van der Waals surface area contributed by atoms with Crippen LogP contribution in [0.5, 0.6) is 5.75 Å². The van der Waals surface area contributed by atoms with Crippen LogP contribution in [0.3, 0.4) is 0 Å². The Labute approximate surface area is 118 Å². The second kappa shape index (κ2) is 5.04. The van der Waals surface area contributed by atoms with E-state index >= 15 is 0 Å². The number of halogens is 3. The van der Waals surface area contributed by atoms with Crippen molar-refractivity contribution in [3.8, 4) is 5.75 Å². The summed E-state index contributed by atoms with van der Waals surface area (Å²) in [4.78, 5) is 0. The summed E-state index contributed by atoms with van der Waals surface area (Å²) >= 11 is 0. The van der Waals surface area contributed by atoms with Crippen LogP contribution in [-0.2, 0) is 17.2 Å². The first kappa shape index (κ1) is 15.3. The third-order valence-electron chi connectivity index (χ3n) is 2.92. The molecule has 1 aromatic carbocycles. The van der Waals surface area contributed by atoms with E-state index in [1.165, 1.54) is 6.07 Å². The number of fused-ring (bicyclic) bond motifs is 1. The second-order valence-electron chi connectivity index (χ2n) is 5.61. The van der Waals surface area contributed by atoms with Crippen molar-refractivity contribution in [2.75, 3.05) is 6.61 Å². The molecule has 0 radical (unpaired) electrons. The number of ether oxygens (including phenoxy) is 1. The van der Waals surface area contributed by atoms with Crippen LogP contribution in [0.15, 0.2) is 18.2 Å². The molecule has 2 rings (SSSR count). The molecule has 1 aliphatic rings. The van der Waals surface area contributed by atoms with Crippen molar-refractivity contribution >= 4 is 11.0 Å². The highest BCUT2D eigenvalue weighted by atomic mass is 32.2. The van der Waals surface area contributed by atoms with Crippen molar-refractivity contribution in [2.45, 2.75) is 37.7 Å². The van der Waals surface area contributed by atoms with Crippen LogP contribution in [0.25, 0.3) is 0 Å². The smallest absolute Gasteiger partial charge is 0.416 e. The van der Waals surface area contributed by atoms with Crippen LogP contribution in [0.4, 0.5) is 13.2 Å². The summed E-state index contributed by atoms with van der Waals surface area (Å²) in [6, 6.07) is 2.86. The lowest BCUT2D eigenvalue weighted by molar-refractivity contribution is -0.137. The highest BCUT2D eigenvalue weighted by Gasteiger charge is 2.35. The minimum atomic E-state index is -4.40. The van der Waals surface area contributed by atoms with E-state index < -0.39 is 33.5 Å². The summed E-state index contributed by atoms with van der Waals surface area (Å²) in [5.41, 5.74) is -0.326. The first-order valence-electron chi connectivity index (χ1n) is 6.11. The van der Waals surface area contributed by atoms with Crippen LogP contribution in [0.1, 0.15) is 37.9 Å². The van der Waals surface area contributed by atoms with E-state index in [1.807, 2.05) is 0 Å². The largest absolute Gasteiger partial charge is 0.491 e. The second-order valence-corrected chi connectivity index (χ2v) is 7.61. The summed E-state index contributed by atoms with van der Waals surface area (Å²) in [5, 5.41) is 0. The molecule has 0 bridgehead atoms. The van der Waals surface area contributed by atoms with Gasteiger partial charge in [-0.15, -0.1) is 0 Å². The fraction of sp³-hybridized carbons (Fsp3) is 0.538. The van der Waals surface area contributed by atoms with Crippen LogP contribution in [0, 0.1) is 0 Å². The maximum absolute atomic E-state index is 12.7. The van der Waals surface area contributed by atoms with Crippen LogP contribution >= 0.6 is 0 Å². The maximum Gasteiger partial charge on any atom is 0.416 e. The van der Waals surface area contributed by atoms with Crippen molar-refractivity contribution in [2.24, 2.45) is 0 Å². The van der Waals surface area contributed by atoms with Gasteiger partial charge in [0.2, 0.25) is 0 Å². The van der Waals surface area contributed by atoms with Gasteiger partial charge in [-0.3, -0.25) is 0 Å². The van der Waals surface area contributed by atoms with E-state index in [0.29, 0.717) is 11.3 Å². The van der Waals surface area contributed by atoms with Crippen molar-refractivity contribution in [1.29, 1.82) is 0 Å². The zero-order chi connectivity index (χ0) is 15.1. The van der Waals surface area contributed by atoms with Gasteiger partial charge < -0.3 is 4.74 Å². The number of hydrogen-bond acceptors (Lipinski definition) is 2. The van der Waals surface area contributed by atoms with E-state index in [4.69, 9.17) is 4.74 Å². The van der Waals surface area contributed by atoms with E-state index in [9.17, 15) is 17.4 Å². The monoisotopic (exact) mass is 307 g/mol. The summed E-state index contributed by atoms with van der Waals surface area (Å²) in [6.45, 7) is 5.55. The van der Waals surface area contributed by atoms with E-state index in [1.54, 1.807) is 20.8 Å². The lowest BCUT2D eigenvalue weighted by Crippen LogP contribution is -2.36. The van der Waals surface area contributed by atoms with Gasteiger partial charge in [0.25, 0.3) is 0 Å². The van der Waals surface area contributed by atoms with Crippen molar-refractivity contribution < 1.29 is 22.1 Å². The third-order valence-corrected chi connectivity index (χ3v) is 4.53. The third kappa shape index (κ3) is 3.15. The number of nitrogens with one attached hydrogen (secondary N) is 1. The molecule has 0 saturated heterocycles. The Morgan fingerprint density at radius 3 is 2.50 bits per heavy atom. The van der Waals surface area contributed by atoms with Crippen LogP contribution in [0.2, 0.25) is 0 Å². The highest BCUT2D eigenvalue weighted by molar-refractivity contribution is 7.84. The van der Waals surface area contributed by atoms with Crippen LogP contribution in [-0.4, -0.2) is 15.6 Å². The molecule has 0 unspecified atom stereocenters. The Bertz CT molecular complexity index is 537. The summed E-state index contributed by atoms with van der Waals surface area (Å²) in [6.07, 6.45) is -4.40. The fourth-order valence-electron chi connectivity index (χ4n) is 1.79. The van der Waals surface area contributed by atoms with E-state index in [2.05, 4.69) is 4.72 Å². The summed E-state index contributed by atoms with van der Waals surface area (Å²) in [7, 11) is -1.37. The first-order chi connectivity index (χ1) is 9.09. The highest BCUT2D eigenvalue weighted by Crippen LogP contribution is 2.38. The van der Waals surface area contributed by atoms with E-state index in [-0.39, 0.29) is 6.61 Å². The molecular formula is C13H16F3NO2S. The minimum absolute atomic E-state index is 0.179. The standard InChI is InChI=1S/C13H16F3NO2S/c1-12(2,3)20(18)17-10-7-19-11-5-4-8(6-9(10)11)13(14,15)16/h4-6,10,17H,7H2,1-3H3/t10-,20-/m1/s1. The molecule has 7 heteroatoms. The minimum Gasteiger partial charge on any atom is -0.491 e. The average Bonchev–Trinajstić information content (AvgIpc) is 2.69. The molecule has 1 heterocycles. The normalized spacial score (nSPS) is 20.4. The molecule has 0 aliphatic carbocycles. The average molecular weight is 307 g/mol. The summed E-state index contributed by atoms with van der Waals surface area (Å²) in [5.74, 6) is 0.404. The lowest BCUT2D eigenvalue weighted by atomic mass is 10.1. The molecule has 0 fully saturated rings. The molecule has 2 atom stereocenters. The number of benzene rings is 1. The molecule has 3 nitrogen and oxygen atoms in total. The van der Waals surface area contributed by atoms with Gasteiger partial charge in [-0.25, -0.2) is 8.93 Å². The van der Waals surface area contributed by atoms with Gasteiger partial charge in [-0.05, 0) is 39.0 Å². The van der Waals surface area contributed by atoms with Crippen molar-refractivity contribution in [3.05, 3.63) is 29.3 Å². The Morgan fingerprint density at radius 2 is 1.95 bits per heavy atom. The molecule has 20 heavy (non-hydrogen) atoms. The molecule has 1 N–H and O–H groups in total. The van der Waals surface area contributed by atoms with Gasteiger partial charge in [-0.2, -0.15) is 13.2 Å². The molecular weight excluding hydrogens is 291 g/mol. The number of rotatable bonds is 2. The Morgan fingerprint density at radius 1 is 1.30 bits per heavy atom. The predicted octanol–water partition coefficient (Wildman–Crippen LogP) is 3.19. The zero-order valence-electron chi connectivity index (χ0n) is 11.4. The predicted molar refractivity (Wildman–Crippen MR) is 70.7 cm³/mol. The number of hydrogen-bond donors (Lipinski definition) is 1. The van der Waals surface area contributed by atoms with Gasteiger partial charge in [0.15, 0.2) is 0 Å². The number of alkyl halides is 3. The van der Waals surface area contributed by atoms with Crippen molar-refractivity contribution in [1.82, 2.24) is 4.72 Å². The van der Waals surface area contributed by atoms with Gasteiger partial charge in [0.05, 0.1) is 27.3 Å². The maximum atomic E-state index is 12.7. The van der Waals surface area contributed by atoms with Gasteiger partial charge in [-0.1, -0.05) is 0 Å². The Balaban J connectivity index is 2.26. The molecule has 0 saturated carbocycles. The molecule has 1 aliphatic heterocycles. The molecule has 112 valence electrons. The van der Waals surface area contributed by atoms with Crippen molar-refractivity contribution in [3.63, 3.8) is 0 Å². The van der Waals surface area contributed by atoms with E-state index in [0.717, 1.165) is 12.1 Å². The first-order valence-corrected chi connectivity index (χ1v) is 7.26.